The van der Waals surface area contributed by atoms with E-state index in [0.29, 0.717) is 0 Å². The van der Waals surface area contributed by atoms with Crippen LogP contribution >= 0.6 is 0 Å². The van der Waals surface area contributed by atoms with Gasteiger partial charge in [0.1, 0.15) is 0 Å². The zero-order valence-electron chi connectivity index (χ0n) is 7.68. The van der Waals surface area contributed by atoms with E-state index in [1.54, 1.807) is 0 Å². The van der Waals surface area contributed by atoms with Crippen LogP contribution < -0.4 is 5.32 Å². The molecule has 1 N–H and O–H groups in total. The minimum absolute atomic E-state index is 1.09. The maximum absolute atomic E-state index is 4.17. The van der Waals surface area contributed by atoms with E-state index in [2.05, 4.69) is 10.3 Å². The van der Waals surface area contributed by atoms with E-state index >= 15 is 0 Å². The summed E-state index contributed by atoms with van der Waals surface area (Å²) in [5.41, 5.74) is 2.18. The summed E-state index contributed by atoms with van der Waals surface area (Å²) in [7, 11) is 3.75. The molecule has 2 heteroatoms. The molecule has 1 rings (SSSR count). The first-order valence-electron chi connectivity index (χ1n) is 3.69. The number of nitrogens with one attached hydrogen (secondary N) is 1. The number of pyridine rings is 1. The first-order chi connectivity index (χ1) is 5.20. The van der Waals surface area contributed by atoms with Crippen molar-refractivity contribution < 1.29 is 0 Å². The van der Waals surface area contributed by atoms with Crippen LogP contribution in [0.1, 0.15) is 11.4 Å². The standard InChI is InChI=1S/C7H9N.C2H7N/c1-6-4-3-5-7(2)8-6;1-3-2/h3-5H,1-2H3;3H,1-2H3. The van der Waals surface area contributed by atoms with Gasteiger partial charge >= 0.3 is 0 Å². The molecule has 1 aromatic rings. The normalized spacial score (nSPS) is 8.36. The zero-order chi connectivity index (χ0) is 8.69. The summed E-state index contributed by atoms with van der Waals surface area (Å²) in [5, 5.41) is 2.75. The van der Waals surface area contributed by atoms with Crippen molar-refractivity contribution in [2.24, 2.45) is 0 Å². The average molecular weight is 152 g/mol. The van der Waals surface area contributed by atoms with Gasteiger partial charge in [-0.2, -0.15) is 0 Å². The highest BCUT2D eigenvalue weighted by Crippen LogP contribution is 1.93. The van der Waals surface area contributed by atoms with Crippen molar-refractivity contribution >= 4 is 0 Å². The van der Waals surface area contributed by atoms with E-state index in [1.165, 1.54) is 0 Å². The van der Waals surface area contributed by atoms with Crippen molar-refractivity contribution in [3.8, 4) is 0 Å². The summed E-state index contributed by atoms with van der Waals surface area (Å²) in [5.74, 6) is 0. The number of aromatic nitrogens is 1. The Hall–Kier alpha value is -0.890. The third-order valence-electron chi connectivity index (χ3n) is 1.03. The van der Waals surface area contributed by atoms with Crippen LogP contribution in [0.2, 0.25) is 0 Å². The molecule has 0 unspecified atom stereocenters. The Kier molecular flexibility index (Phi) is 5.39. The Morgan fingerprint density at radius 2 is 1.45 bits per heavy atom. The molecule has 0 amide bonds. The Morgan fingerprint density at radius 3 is 1.64 bits per heavy atom. The number of aryl methyl sites for hydroxylation is 2. The molecule has 0 spiro atoms. The summed E-state index contributed by atoms with van der Waals surface area (Å²) < 4.78 is 0. The van der Waals surface area contributed by atoms with Gasteiger partial charge in [0, 0.05) is 11.4 Å². The fourth-order valence-electron chi connectivity index (χ4n) is 0.679. The van der Waals surface area contributed by atoms with Crippen LogP contribution in [0.25, 0.3) is 0 Å². The molecule has 0 aliphatic carbocycles. The van der Waals surface area contributed by atoms with E-state index in [4.69, 9.17) is 0 Å². The Balaban J connectivity index is 0.000000292. The SMILES string of the molecule is CNC.Cc1cccc(C)n1. The van der Waals surface area contributed by atoms with Gasteiger partial charge in [-0.3, -0.25) is 4.98 Å². The van der Waals surface area contributed by atoms with Gasteiger partial charge in [-0.05, 0) is 40.1 Å². The third kappa shape index (κ3) is 5.55. The molecule has 0 radical (unpaired) electrons. The van der Waals surface area contributed by atoms with Gasteiger partial charge in [0.2, 0.25) is 0 Å². The molecular formula is C9H16N2. The molecule has 0 saturated heterocycles. The number of hydrogen-bond donors (Lipinski definition) is 1. The lowest BCUT2D eigenvalue weighted by Crippen LogP contribution is -1.89. The lowest BCUT2D eigenvalue weighted by Gasteiger charge is -1.90. The third-order valence-corrected chi connectivity index (χ3v) is 1.03. The fourth-order valence-corrected chi connectivity index (χ4v) is 0.679. The van der Waals surface area contributed by atoms with E-state index in [1.807, 2.05) is 46.1 Å². The first-order valence-corrected chi connectivity index (χ1v) is 3.69. The summed E-state index contributed by atoms with van der Waals surface area (Å²) in [6.07, 6.45) is 0. The Bertz CT molecular complexity index is 179. The van der Waals surface area contributed by atoms with Crippen molar-refractivity contribution in [2.75, 3.05) is 14.1 Å². The second kappa shape index (κ2) is 5.86. The molecule has 0 aliphatic heterocycles. The van der Waals surface area contributed by atoms with Crippen molar-refractivity contribution in [2.45, 2.75) is 13.8 Å². The van der Waals surface area contributed by atoms with Crippen molar-refractivity contribution in [3.63, 3.8) is 0 Å². The second-order valence-electron chi connectivity index (χ2n) is 2.42. The maximum atomic E-state index is 4.17. The van der Waals surface area contributed by atoms with E-state index in [0.717, 1.165) is 11.4 Å². The van der Waals surface area contributed by atoms with Crippen LogP contribution in [0.4, 0.5) is 0 Å². The van der Waals surface area contributed by atoms with Gasteiger partial charge in [-0.15, -0.1) is 0 Å². The highest BCUT2D eigenvalue weighted by atomic mass is 14.7. The summed E-state index contributed by atoms with van der Waals surface area (Å²) in [6, 6.07) is 6.00. The predicted octanol–water partition coefficient (Wildman–Crippen LogP) is 1.53. The largest absolute Gasteiger partial charge is 0.323 e. The molecule has 0 fully saturated rings. The average Bonchev–Trinajstić information content (AvgIpc) is 1.88. The quantitative estimate of drug-likeness (QED) is 0.610. The van der Waals surface area contributed by atoms with Crippen LogP contribution in [0.15, 0.2) is 18.2 Å². The molecule has 0 aliphatic rings. The van der Waals surface area contributed by atoms with Crippen LogP contribution in [-0.2, 0) is 0 Å². The minimum Gasteiger partial charge on any atom is -0.323 e. The van der Waals surface area contributed by atoms with Gasteiger partial charge in [-0.1, -0.05) is 6.07 Å². The molecule has 11 heavy (non-hydrogen) atoms. The van der Waals surface area contributed by atoms with Crippen molar-refractivity contribution in [1.82, 2.24) is 10.3 Å². The highest BCUT2D eigenvalue weighted by molar-refractivity contribution is 5.07. The zero-order valence-corrected chi connectivity index (χ0v) is 7.68. The fraction of sp³-hybridized carbons (Fsp3) is 0.444. The van der Waals surface area contributed by atoms with Crippen LogP contribution in [0, 0.1) is 13.8 Å². The van der Waals surface area contributed by atoms with Crippen LogP contribution in [0.5, 0.6) is 0 Å². The number of nitrogens with zero attached hydrogens (tertiary/aromatic N) is 1. The number of hydrogen-bond acceptors (Lipinski definition) is 2. The van der Waals surface area contributed by atoms with Crippen molar-refractivity contribution in [3.05, 3.63) is 29.6 Å². The lowest BCUT2D eigenvalue weighted by atomic mass is 10.3. The molecule has 0 bridgehead atoms. The topological polar surface area (TPSA) is 24.9 Å². The number of rotatable bonds is 0. The van der Waals surface area contributed by atoms with E-state index < -0.39 is 0 Å². The Morgan fingerprint density at radius 1 is 1.09 bits per heavy atom. The van der Waals surface area contributed by atoms with Gasteiger partial charge < -0.3 is 5.32 Å². The molecule has 0 saturated carbocycles. The second-order valence-corrected chi connectivity index (χ2v) is 2.42. The minimum atomic E-state index is 1.09. The van der Waals surface area contributed by atoms with Crippen LogP contribution in [-0.4, -0.2) is 19.1 Å². The Labute approximate surface area is 68.7 Å². The summed E-state index contributed by atoms with van der Waals surface area (Å²) in [6.45, 7) is 3.99. The van der Waals surface area contributed by atoms with E-state index in [9.17, 15) is 0 Å². The van der Waals surface area contributed by atoms with Crippen molar-refractivity contribution in [1.29, 1.82) is 0 Å². The molecule has 2 nitrogen and oxygen atoms in total. The van der Waals surface area contributed by atoms with Crippen LogP contribution in [0.3, 0.4) is 0 Å². The molecule has 0 atom stereocenters. The first kappa shape index (κ1) is 10.1. The molecule has 0 aromatic carbocycles. The lowest BCUT2D eigenvalue weighted by molar-refractivity contribution is 1.02. The molecule has 1 aromatic heterocycles. The maximum Gasteiger partial charge on any atom is 0.0375 e. The smallest absolute Gasteiger partial charge is 0.0375 e. The molecule has 1 heterocycles. The van der Waals surface area contributed by atoms with Gasteiger partial charge in [0.25, 0.3) is 0 Å². The van der Waals surface area contributed by atoms with Gasteiger partial charge in [-0.25, -0.2) is 0 Å². The predicted molar refractivity (Wildman–Crippen MR) is 48.7 cm³/mol. The van der Waals surface area contributed by atoms with E-state index in [-0.39, 0.29) is 0 Å². The summed E-state index contributed by atoms with van der Waals surface area (Å²) >= 11 is 0. The molecule has 62 valence electrons. The monoisotopic (exact) mass is 152 g/mol. The van der Waals surface area contributed by atoms with Gasteiger partial charge in [0.05, 0.1) is 0 Å². The highest BCUT2D eigenvalue weighted by Gasteiger charge is 1.82. The van der Waals surface area contributed by atoms with Gasteiger partial charge in [0.15, 0.2) is 0 Å². The summed E-state index contributed by atoms with van der Waals surface area (Å²) in [4.78, 5) is 4.17. The molecular weight excluding hydrogens is 136 g/mol.